The van der Waals surface area contributed by atoms with Crippen molar-refractivity contribution < 1.29 is 27.7 Å². The van der Waals surface area contributed by atoms with E-state index in [9.17, 15) is 28.1 Å². The van der Waals surface area contributed by atoms with Crippen LogP contribution in [0.5, 0.6) is 0 Å². The Morgan fingerprint density at radius 1 is 1.14 bits per heavy atom. The van der Waals surface area contributed by atoms with Crippen LogP contribution in [0.2, 0.25) is 10.0 Å². The van der Waals surface area contributed by atoms with Crippen LogP contribution in [0.1, 0.15) is 10.4 Å². The predicted octanol–water partition coefficient (Wildman–Crippen LogP) is 3.10. The van der Waals surface area contributed by atoms with Gasteiger partial charge in [-0.3, -0.25) is 14.9 Å². The van der Waals surface area contributed by atoms with Crippen LogP contribution in [0, 0.1) is 10.1 Å². The maximum absolute atomic E-state index is 12.0. The molecule has 0 aliphatic heterocycles. The molecule has 2 rings (SSSR count). The van der Waals surface area contributed by atoms with Gasteiger partial charge in [-0.15, -0.1) is 0 Å². The van der Waals surface area contributed by atoms with Crippen molar-refractivity contribution in [3.8, 4) is 0 Å². The average molecular weight is 447 g/mol. The molecule has 0 aliphatic rings. The third kappa shape index (κ3) is 5.41. The predicted molar refractivity (Wildman–Crippen MR) is 102 cm³/mol. The number of carbonyl (C=O) groups is 2. The van der Waals surface area contributed by atoms with Gasteiger partial charge in [0.05, 0.1) is 31.1 Å². The molecule has 0 saturated heterocycles. The Hall–Kier alpha value is -2.69. The number of nitrogens with zero attached hydrogens (tertiary/aromatic N) is 1. The van der Waals surface area contributed by atoms with E-state index in [4.69, 9.17) is 27.9 Å². The van der Waals surface area contributed by atoms with Gasteiger partial charge in [-0.2, -0.15) is 0 Å². The number of esters is 1. The summed E-state index contributed by atoms with van der Waals surface area (Å²) < 4.78 is 28.1. The minimum absolute atomic E-state index is 0.0513. The molecule has 28 heavy (non-hydrogen) atoms. The van der Waals surface area contributed by atoms with Gasteiger partial charge in [0.15, 0.2) is 16.4 Å². The van der Waals surface area contributed by atoms with Crippen molar-refractivity contribution in [1.29, 1.82) is 0 Å². The molecule has 0 unspecified atom stereocenters. The molecule has 1 amide bonds. The van der Waals surface area contributed by atoms with Crippen molar-refractivity contribution in [2.45, 2.75) is 4.90 Å². The van der Waals surface area contributed by atoms with Crippen molar-refractivity contribution in [2.75, 3.05) is 18.2 Å². The third-order valence-corrected chi connectivity index (χ3v) is 5.23. The highest BCUT2D eigenvalue weighted by atomic mass is 35.5. The molecule has 0 atom stereocenters. The Morgan fingerprint density at radius 2 is 1.82 bits per heavy atom. The highest BCUT2D eigenvalue weighted by molar-refractivity contribution is 7.90. The lowest BCUT2D eigenvalue weighted by Gasteiger charge is -2.09. The maximum atomic E-state index is 12.0. The number of benzene rings is 2. The molecule has 9 nitrogen and oxygen atoms in total. The van der Waals surface area contributed by atoms with E-state index in [0.29, 0.717) is 0 Å². The van der Waals surface area contributed by atoms with Crippen LogP contribution in [0.25, 0.3) is 0 Å². The maximum Gasteiger partial charge on any atom is 0.338 e. The van der Waals surface area contributed by atoms with Crippen molar-refractivity contribution in [1.82, 2.24) is 0 Å². The Bertz CT molecular complexity index is 1070. The van der Waals surface area contributed by atoms with E-state index >= 15 is 0 Å². The van der Waals surface area contributed by atoms with Gasteiger partial charge in [0.2, 0.25) is 0 Å². The van der Waals surface area contributed by atoms with E-state index in [0.717, 1.165) is 24.5 Å². The van der Waals surface area contributed by atoms with Crippen LogP contribution in [0.15, 0.2) is 41.3 Å². The Labute approximate surface area is 169 Å². The molecule has 0 spiro atoms. The molecule has 2 aromatic rings. The number of anilines is 1. The minimum atomic E-state index is -3.66. The fourth-order valence-electron chi connectivity index (χ4n) is 2.03. The topological polar surface area (TPSA) is 133 Å². The lowest BCUT2D eigenvalue weighted by atomic mass is 10.2. The summed E-state index contributed by atoms with van der Waals surface area (Å²) in [6.45, 7) is -0.691. The van der Waals surface area contributed by atoms with E-state index < -0.39 is 33.2 Å². The number of nitro groups is 1. The largest absolute Gasteiger partial charge is 0.452 e. The van der Waals surface area contributed by atoms with Crippen molar-refractivity contribution in [3.05, 3.63) is 62.1 Å². The first-order valence-electron chi connectivity index (χ1n) is 7.39. The van der Waals surface area contributed by atoms with Crippen molar-refractivity contribution in [2.24, 2.45) is 0 Å². The zero-order chi connectivity index (χ0) is 21.1. The molecular weight excluding hydrogens is 435 g/mol. The fourth-order valence-corrected chi connectivity index (χ4v) is 3.56. The normalized spacial score (nSPS) is 11.0. The molecule has 0 radical (unpaired) electrons. The number of rotatable bonds is 6. The van der Waals surface area contributed by atoms with Crippen LogP contribution < -0.4 is 5.32 Å². The average Bonchev–Trinajstić information content (AvgIpc) is 2.60. The molecule has 0 aliphatic carbocycles. The number of hydrogen-bond acceptors (Lipinski definition) is 7. The quantitative estimate of drug-likeness (QED) is 0.409. The highest BCUT2D eigenvalue weighted by Crippen LogP contribution is 2.26. The number of nitrogens with one attached hydrogen (secondary N) is 1. The van der Waals surface area contributed by atoms with E-state index in [1.807, 2.05) is 0 Å². The molecule has 0 fully saturated rings. The van der Waals surface area contributed by atoms with Gasteiger partial charge in [0.1, 0.15) is 0 Å². The number of amides is 1. The fraction of sp³-hybridized carbons (Fsp3) is 0.125. The first-order valence-corrected chi connectivity index (χ1v) is 10.0. The summed E-state index contributed by atoms with van der Waals surface area (Å²) >= 11 is 11.7. The van der Waals surface area contributed by atoms with Crippen LogP contribution in [0.4, 0.5) is 11.4 Å². The lowest BCUT2D eigenvalue weighted by molar-refractivity contribution is -0.384. The molecule has 148 valence electrons. The Morgan fingerprint density at radius 3 is 2.39 bits per heavy atom. The van der Waals surface area contributed by atoms with Gasteiger partial charge in [0.25, 0.3) is 11.6 Å². The number of non-ortho nitro benzene ring substituents is 1. The van der Waals surface area contributed by atoms with Gasteiger partial charge in [-0.1, -0.05) is 23.2 Å². The molecule has 12 heteroatoms. The smallest absolute Gasteiger partial charge is 0.338 e. The van der Waals surface area contributed by atoms with E-state index in [1.165, 1.54) is 18.2 Å². The van der Waals surface area contributed by atoms with Gasteiger partial charge >= 0.3 is 5.97 Å². The van der Waals surface area contributed by atoms with Crippen LogP contribution in [-0.4, -0.2) is 38.1 Å². The number of ether oxygens (including phenoxy) is 1. The lowest BCUT2D eigenvalue weighted by Crippen LogP contribution is -2.21. The number of sulfone groups is 1. The van der Waals surface area contributed by atoms with Crippen molar-refractivity contribution in [3.63, 3.8) is 0 Å². The first kappa shape index (κ1) is 21.6. The number of nitro benzene ring substituents is 1. The SMILES string of the molecule is CS(=O)(=O)c1cc(C(=O)OCC(=O)Nc2ccc([N+](=O)[O-])cc2Cl)ccc1Cl. The standard InChI is InChI=1S/C16H12Cl2N2O7S/c1-28(25,26)14-6-9(2-4-11(14)17)16(22)27-8-15(21)19-13-5-3-10(20(23)24)7-12(13)18/h2-7H,8H2,1H3,(H,19,21). The van der Waals surface area contributed by atoms with Gasteiger partial charge < -0.3 is 10.1 Å². The highest BCUT2D eigenvalue weighted by Gasteiger charge is 2.18. The van der Waals surface area contributed by atoms with E-state index in [1.54, 1.807) is 0 Å². The van der Waals surface area contributed by atoms with Crippen LogP contribution in [-0.2, 0) is 19.4 Å². The number of halogens is 2. The second-order valence-electron chi connectivity index (χ2n) is 5.46. The monoisotopic (exact) mass is 446 g/mol. The van der Waals surface area contributed by atoms with Crippen LogP contribution in [0.3, 0.4) is 0 Å². The van der Waals surface area contributed by atoms with Crippen LogP contribution >= 0.6 is 23.2 Å². The summed E-state index contributed by atoms with van der Waals surface area (Å²) in [5.41, 5.74) is -0.260. The molecule has 2 aromatic carbocycles. The number of carbonyl (C=O) groups excluding carboxylic acids is 2. The van der Waals surface area contributed by atoms with Gasteiger partial charge in [-0.05, 0) is 24.3 Å². The Kier molecular flexibility index (Phi) is 6.60. The first-order chi connectivity index (χ1) is 13.0. The van der Waals surface area contributed by atoms with Gasteiger partial charge in [-0.25, -0.2) is 13.2 Å². The molecule has 0 saturated carbocycles. The van der Waals surface area contributed by atoms with Gasteiger partial charge in [0, 0.05) is 18.4 Å². The van der Waals surface area contributed by atoms with Crippen molar-refractivity contribution >= 4 is 56.3 Å². The molecule has 0 aromatic heterocycles. The molecule has 0 heterocycles. The number of hydrogen-bond donors (Lipinski definition) is 1. The summed E-state index contributed by atoms with van der Waals surface area (Å²) in [6.07, 6.45) is 0.935. The minimum Gasteiger partial charge on any atom is -0.452 e. The third-order valence-electron chi connectivity index (χ3n) is 3.34. The summed E-state index contributed by atoms with van der Waals surface area (Å²) in [7, 11) is -3.66. The second-order valence-corrected chi connectivity index (χ2v) is 8.26. The molecular formula is C16H12Cl2N2O7S. The summed E-state index contributed by atoms with van der Waals surface area (Å²) in [6, 6.07) is 6.97. The summed E-state index contributed by atoms with van der Waals surface area (Å²) in [5, 5.41) is 12.9. The molecule has 0 bridgehead atoms. The zero-order valence-electron chi connectivity index (χ0n) is 14.1. The van der Waals surface area contributed by atoms with E-state index in [-0.39, 0.29) is 31.9 Å². The Balaban J connectivity index is 2.03. The zero-order valence-corrected chi connectivity index (χ0v) is 16.5. The van der Waals surface area contributed by atoms with E-state index in [2.05, 4.69) is 5.32 Å². The summed E-state index contributed by atoms with van der Waals surface area (Å²) in [4.78, 5) is 33.7. The molecule has 1 N–H and O–H groups in total. The summed E-state index contributed by atoms with van der Waals surface area (Å²) in [5.74, 6) is -1.69. The second kappa shape index (κ2) is 8.55.